The fourth-order valence-corrected chi connectivity index (χ4v) is 4.44. The third-order valence-electron chi connectivity index (χ3n) is 5.61. The van der Waals surface area contributed by atoms with E-state index in [0.29, 0.717) is 17.0 Å². The Labute approximate surface area is 120 Å². The summed E-state index contributed by atoms with van der Waals surface area (Å²) in [6.07, 6.45) is 5.48. The van der Waals surface area contributed by atoms with Crippen LogP contribution in [0.2, 0.25) is 0 Å². The van der Waals surface area contributed by atoms with Gasteiger partial charge in [-0.2, -0.15) is 0 Å². The van der Waals surface area contributed by atoms with Gasteiger partial charge < -0.3 is 11.1 Å². The Hall–Kier alpha value is -1.58. The van der Waals surface area contributed by atoms with Crippen molar-refractivity contribution < 1.29 is 4.79 Å². The predicted octanol–water partition coefficient (Wildman–Crippen LogP) is 2.81. The molecule has 3 atom stereocenters. The lowest BCUT2D eigenvalue weighted by atomic mass is 9.68. The van der Waals surface area contributed by atoms with Crippen molar-refractivity contribution in [2.75, 3.05) is 5.32 Å². The van der Waals surface area contributed by atoms with E-state index >= 15 is 0 Å². The van der Waals surface area contributed by atoms with Gasteiger partial charge in [0, 0.05) is 12.2 Å². The normalized spacial score (nSPS) is 34.1. The number of hydrogen-bond donors (Lipinski definition) is 2. The number of fused-ring (bicyclic) bond motifs is 2. The maximum Gasteiger partial charge on any atom is 0.250 e. The molecule has 2 aliphatic carbocycles. The third-order valence-corrected chi connectivity index (χ3v) is 5.61. The third kappa shape index (κ3) is 1.89. The second kappa shape index (κ2) is 4.21. The maximum atomic E-state index is 11.1. The zero-order valence-corrected chi connectivity index (χ0v) is 12.4. The van der Waals surface area contributed by atoms with Crippen LogP contribution in [0.1, 0.15) is 50.4 Å². The summed E-state index contributed by atoms with van der Waals surface area (Å²) in [5, 5.41) is 3.61. The molecular weight excluding hydrogens is 250 g/mol. The molecule has 4 nitrogen and oxygen atoms in total. The van der Waals surface area contributed by atoms with Crippen LogP contribution in [0, 0.1) is 16.7 Å². The van der Waals surface area contributed by atoms with Crippen LogP contribution in [0.3, 0.4) is 0 Å². The Morgan fingerprint density at radius 1 is 1.40 bits per heavy atom. The minimum absolute atomic E-state index is 0.289. The van der Waals surface area contributed by atoms with Crippen LogP contribution in [0.5, 0.6) is 0 Å². The van der Waals surface area contributed by atoms with Crippen molar-refractivity contribution in [2.24, 2.45) is 22.5 Å². The Bertz CT molecular complexity index is 532. The first-order valence-corrected chi connectivity index (χ1v) is 7.35. The number of aromatic nitrogens is 1. The molecule has 3 unspecified atom stereocenters. The molecule has 0 saturated heterocycles. The topological polar surface area (TPSA) is 68.0 Å². The van der Waals surface area contributed by atoms with Gasteiger partial charge in [-0.1, -0.05) is 20.8 Å². The van der Waals surface area contributed by atoms with Gasteiger partial charge in [0.1, 0.15) is 5.82 Å². The highest BCUT2D eigenvalue weighted by molar-refractivity contribution is 5.92. The number of hydrogen-bond acceptors (Lipinski definition) is 3. The van der Waals surface area contributed by atoms with Gasteiger partial charge in [-0.15, -0.1) is 0 Å². The molecule has 0 radical (unpaired) electrons. The highest BCUT2D eigenvalue weighted by Crippen LogP contribution is 2.62. The second-order valence-electron chi connectivity index (χ2n) is 7.29. The summed E-state index contributed by atoms with van der Waals surface area (Å²) in [5.74, 6) is 1.20. The average molecular weight is 273 g/mol. The number of nitrogens with one attached hydrogen (secondary N) is 1. The second-order valence-corrected chi connectivity index (χ2v) is 7.29. The zero-order valence-electron chi connectivity index (χ0n) is 12.4. The summed E-state index contributed by atoms with van der Waals surface area (Å²) in [5.41, 5.74) is 6.34. The van der Waals surface area contributed by atoms with Crippen molar-refractivity contribution in [3.8, 4) is 0 Å². The molecule has 2 fully saturated rings. The summed E-state index contributed by atoms with van der Waals surface area (Å²) in [7, 11) is 0. The van der Waals surface area contributed by atoms with E-state index in [9.17, 15) is 4.79 Å². The number of carbonyl (C=O) groups excluding carboxylic acids is 1. The van der Waals surface area contributed by atoms with Gasteiger partial charge >= 0.3 is 0 Å². The SMILES string of the molecule is CC12CCC(C1)C(C)(C)C2Nc1ccc(C(N)=O)cn1. The first kappa shape index (κ1) is 13.4. The van der Waals surface area contributed by atoms with Crippen LogP contribution in [-0.2, 0) is 0 Å². The van der Waals surface area contributed by atoms with E-state index in [1.807, 2.05) is 6.07 Å². The van der Waals surface area contributed by atoms with Crippen molar-refractivity contribution in [1.29, 1.82) is 0 Å². The minimum atomic E-state index is -0.434. The van der Waals surface area contributed by atoms with E-state index in [1.54, 1.807) is 12.3 Å². The number of pyridine rings is 1. The number of amides is 1. The van der Waals surface area contributed by atoms with Crippen LogP contribution in [-0.4, -0.2) is 16.9 Å². The first-order valence-electron chi connectivity index (χ1n) is 7.35. The van der Waals surface area contributed by atoms with Gasteiger partial charge in [0.25, 0.3) is 0 Å². The molecule has 1 heterocycles. The van der Waals surface area contributed by atoms with E-state index in [2.05, 4.69) is 31.1 Å². The fourth-order valence-electron chi connectivity index (χ4n) is 4.44. The van der Waals surface area contributed by atoms with E-state index in [1.165, 1.54) is 19.3 Å². The number of nitrogens with zero attached hydrogens (tertiary/aromatic N) is 1. The standard InChI is InChI=1S/C16H23N3O/c1-15(2)11-6-7-16(3,8-11)14(15)19-12-5-4-10(9-18-12)13(17)20/h4-5,9,11,14H,6-8H2,1-3H3,(H2,17,20)(H,18,19). The van der Waals surface area contributed by atoms with Crippen LogP contribution >= 0.6 is 0 Å². The molecule has 2 aliphatic rings. The Morgan fingerprint density at radius 3 is 2.65 bits per heavy atom. The lowest BCUT2D eigenvalue weighted by Gasteiger charge is -2.43. The molecular formula is C16H23N3O. The fraction of sp³-hybridized carbons (Fsp3) is 0.625. The number of nitrogens with two attached hydrogens (primary N) is 1. The Morgan fingerprint density at radius 2 is 2.15 bits per heavy atom. The maximum absolute atomic E-state index is 11.1. The molecule has 1 aromatic rings. The molecule has 2 saturated carbocycles. The first-order chi connectivity index (χ1) is 9.33. The van der Waals surface area contributed by atoms with Crippen LogP contribution in [0.4, 0.5) is 5.82 Å². The predicted molar refractivity (Wildman–Crippen MR) is 79.4 cm³/mol. The van der Waals surface area contributed by atoms with E-state index in [4.69, 9.17) is 5.73 Å². The van der Waals surface area contributed by atoms with Crippen molar-refractivity contribution in [1.82, 2.24) is 4.98 Å². The quantitative estimate of drug-likeness (QED) is 0.889. The van der Waals surface area contributed by atoms with E-state index < -0.39 is 5.91 Å². The molecule has 0 aliphatic heterocycles. The lowest BCUT2D eigenvalue weighted by Crippen LogP contribution is -2.45. The molecule has 108 valence electrons. The van der Waals surface area contributed by atoms with E-state index in [0.717, 1.165) is 11.7 Å². The zero-order chi connectivity index (χ0) is 14.5. The minimum Gasteiger partial charge on any atom is -0.366 e. The summed E-state index contributed by atoms with van der Waals surface area (Å²) in [6, 6.07) is 4.02. The number of anilines is 1. The molecule has 3 rings (SSSR count). The van der Waals surface area contributed by atoms with E-state index in [-0.39, 0.29) is 5.41 Å². The summed E-state index contributed by atoms with van der Waals surface area (Å²) in [4.78, 5) is 15.4. The number of rotatable bonds is 3. The van der Waals surface area contributed by atoms with Gasteiger partial charge in [0.15, 0.2) is 0 Å². The van der Waals surface area contributed by atoms with Crippen molar-refractivity contribution in [2.45, 2.75) is 46.1 Å². The van der Waals surface area contributed by atoms with Gasteiger partial charge in [-0.05, 0) is 48.1 Å². The molecule has 3 N–H and O–H groups in total. The Kier molecular flexibility index (Phi) is 2.82. The summed E-state index contributed by atoms with van der Waals surface area (Å²) >= 11 is 0. The lowest BCUT2D eigenvalue weighted by molar-refractivity contribution is 0.1000. The molecule has 1 aromatic heterocycles. The summed E-state index contributed by atoms with van der Waals surface area (Å²) < 4.78 is 0. The van der Waals surface area contributed by atoms with Gasteiger partial charge in [-0.25, -0.2) is 4.98 Å². The van der Waals surface area contributed by atoms with Crippen molar-refractivity contribution >= 4 is 11.7 Å². The molecule has 2 bridgehead atoms. The Balaban J connectivity index is 1.82. The van der Waals surface area contributed by atoms with Crippen LogP contribution in [0.25, 0.3) is 0 Å². The highest BCUT2D eigenvalue weighted by Gasteiger charge is 2.59. The monoisotopic (exact) mass is 273 g/mol. The molecule has 4 heteroatoms. The van der Waals surface area contributed by atoms with Crippen molar-refractivity contribution in [3.63, 3.8) is 0 Å². The average Bonchev–Trinajstić information content (AvgIpc) is 2.86. The number of primary amides is 1. The smallest absolute Gasteiger partial charge is 0.250 e. The van der Waals surface area contributed by atoms with Gasteiger partial charge in [0.2, 0.25) is 5.91 Å². The molecule has 1 amide bonds. The largest absolute Gasteiger partial charge is 0.366 e. The van der Waals surface area contributed by atoms with Crippen LogP contribution in [0.15, 0.2) is 18.3 Å². The van der Waals surface area contributed by atoms with Gasteiger partial charge in [-0.3, -0.25) is 4.79 Å². The molecule has 0 aromatic carbocycles. The summed E-state index contributed by atoms with van der Waals surface area (Å²) in [6.45, 7) is 7.10. The molecule has 20 heavy (non-hydrogen) atoms. The highest BCUT2D eigenvalue weighted by atomic mass is 16.1. The molecule has 0 spiro atoms. The van der Waals surface area contributed by atoms with Crippen molar-refractivity contribution in [3.05, 3.63) is 23.9 Å². The van der Waals surface area contributed by atoms with Gasteiger partial charge in [0.05, 0.1) is 5.56 Å². The van der Waals surface area contributed by atoms with Crippen LogP contribution < -0.4 is 11.1 Å². The number of carbonyl (C=O) groups is 1.